The fourth-order valence-electron chi connectivity index (χ4n) is 2.65. The first-order chi connectivity index (χ1) is 11.7. The lowest BCUT2D eigenvalue weighted by atomic mass is 9.92. The normalized spacial score (nSPS) is 16.3. The molecular weight excluding hydrogens is 308 g/mol. The molecule has 1 fully saturated rings. The maximum Gasteiger partial charge on any atom is 0.348 e. The number of hydrogen-bond donors (Lipinski definition) is 2. The first-order valence-electron chi connectivity index (χ1n) is 7.95. The molecule has 0 bridgehead atoms. The van der Waals surface area contributed by atoms with E-state index in [1.807, 2.05) is 30.3 Å². The van der Waals surface area contributed by atoms with Gasteiger partial charge in [-0.25, -0.2) is 4.79 Å². The summed E-state index contributed by atoms with van der Waals surface area (Å²) in [4.78, 5) is 15.9. The highest BCUT2D eigenvalue weighted by molar-refractivity contribution is 5.78. The van der Waals surface area contributed by atoms with E-state index < -0.39 is 11.6 Å². The van der Waals surface area contributed by atoms with E-state index in [0.717, 1.165) is 5.56 Å². The second-order valence-corrected chi connectivity index (χ2v) is 5.74. The Morgan fingerprint density at radius 3 is 2.50 bits per heavy atom. The third-order valence-electron chi connectivity index (χ3n) is 4.03. The first kappa shape index (κ1) is 16.3. The van der Waals surface area contributed by atoms with E-state index in [4.69, 9.17) is 9.47 Å². The lowest BCUT2D eigenvalue weighted by Crippen LogP contribution is -2.52. The summed E-state index contributed by atoms with van der Waals surface area (Å²) in [5, 5.41) is 12.7. The molecular formula is C18H20N2O4. The summed E-state index contributed by atoms with van der Waals surface area (Å²) in [7, 11) is 0. The molecule has 2 aromatic rings. The summed E-state index contributed by atoms with van der Waals surface area (Å²) in [6.45, 7) is 1.61. The average Bonchev–Trinajstić information content (AvgIpc) is 2.62. The van der Waals surface area contributed by atoms with Crippen molar-refractivity contribution >= 4 is 5.97 Å². The highest BCUT2D eigenvalue weighted by Gasteiger charge is 2.42. The van der Waals surface area contributed by atoms with Crippen molar-refractivity contribution in [2.45, 2.75) is 25.0 Å². The molecule has 2 N–H and O–H groups in total. The predicted octanol–water partition coefficient (Wildman–Crippen LogP) is 2.25. The van der Waals surface area contributed by atoms with E-state index >= 15 is 0 Å². The number of aliphatic carboxylic acids is 1. The minimum Gasteiger partial charge on any atom is -0.478 e. The number of piperidine rings is 1. The van der Waals surface area contributed by atoms with E-state index in [-0.39, 0.29) is 5.88 Å². The molecule has 1 aliphatic heterocycles. The highest BCUT2D eigenvalue weighted by atomic mass is 16.5. The van der Waals surface area contributed by atoms with Gasteiger partial charge in [0.05, 0.1) is 0 Å². The number of nitrogens with zero attached hydrogens (tertiary/aromatic N) is 1. The van der Waals surface area contributed by atoms with Crippen LogP contribution in [0.5, 0.6) is 11.8 Å². The molecule has 1 aromatic heterocycles. The number of nitrogens with one attached hydrogen (secondary N) is 1. The minimum absolute atomic E-state index is 0.268. The van der Waals surface area contributed by atoms with Crippen LogP contribution in [0.25, 0.3) is 0 Å². The molecule has 0 saturated carbocycles. The van der Waals surface area contributed by atoms with E-state index in [1.54, 1.807) is 18.2 Å². The number of ether oxygens (including phenoxy) is 2. The van der Waals surface area contributed by atoms with Crippen LogP contribution < -0.4 is 14.8 Å². The summed E-state index contributed by atoms with van der Waals surface area (Å²) in [6.07, 6.45) is 0.804. The van der Waals surface area contributed by atoms with Gasteiger partial charge in [0.25, 0.3) is 0 Å². The van der Waals surface area contributed by atoms with Gasteiger partial charge in [0, 0.05) is 25.0 Å². The molecule has 6 heteroatoms. The fraction of sp³-hybridized carbons (Fsp3) is 0.333. The van der Waals surface area contributed by atoms with Crippen molar-refractivity contribution in [3.63, 3.8) is 0 Å². The summed E-state index contributed by atoms with van der Waals surface area (Å²) in [5.41, 5.74) is -0.193. The lowest BCUT2D eigenvalue weighted by molar-refractivity contribution is -0.158. The Morgan fingerprint density at radius 2 is 1.79 bits per heavy atom. The van der Waals surface area contributed by atoms with Gasteiger partial charge in [0.15, 0.2) is 0 Å². The summed E-state index contributed by atoms with van der Waals surface area (Å²) in [6, 6.07) is 14.9. The molecule has 0 unspecified atom stereocenters. The van der Waals surface area contributed by atoms with Crippen LogP contribution in [0.3, 0.4) is 0 Å². The van der Waals surface area contributed by atoms with E-state index in [0.29, 0.717) is 38.4 Å². The Labute approximate surface area is 140 Å². The van der Waals surface area contributed by atoms with Gasteiger partial charge in [-0.2, -0.15) is 4.98 Å². The van der Waals surface area contributed by atoms with Crippen LogP contribution in [-0.2, 0) is 11.4 Å². The van der Waals surface area contributed by atoms with Crippen molar-refractivity contribution in [2.75, 3.05) is 13.1 Å². The summed E-state index contributed by atoms with van der Waals surface area (Å²) in [5.74, 6) is -0.280. The number of rotatable bonds is 6. The number of carboxylic acid groups (broad SMARTS) is 1. The molecule has 126 valence electrons. The van der Waals surface area contributed by atoms with Crippen LogP contribution in [0.2, 0.25) is 0 Å². The van der Waals surface area contributed by atoms with Crippen molar-refractivity contribution in [1.29, 1.82) is 0 Å². The molecule has 0 atom stereocenters. The zero-order valence-corrected chi connectivity index (χ0v) is 13.3. The summed E-state index contributed by atoms with van der Waals surface area (Å²) >= 11 is 0. The lowest BCUT2D eigenvalue weighted by Gasteiger charge is -2.33. The number of pyridine rings is 1. The van der Waals surface area contributed by atoms with E-state index in [1.165, 1.54) is 0 Å². The average molecular weight is 328 g/mol. The topological polar surface area (TPSA) is 80.7 Å². The molecule has 0 spiro atoms. The molecule has 0 aliphatic carbocycles. The van der Waals surface area contributed by atoms with Crippen molar-refractivity contribution in [3.8, 4) is 11.8 Å². The maximum absolute atomic E-state index is 11.7. The van der Waals surface area contributed by atoms with Crippen LogP contribution in [0.4, 0.5) is 0 Å². The summed E-state index contributed by atoms with van der Waals surface area (Å²) < 4.78 is 11.4. The van der Waals surface area contributed by atoms with Gasteiger partial charge in [-0.1, -0.05) is 36.4 Å². The van der Waals surface area contributed by atoms with Crippen LogP contribution in [0.15, 0.2) is 48.5 Å². The fourth-order valence-corrected chi connectivity index (χ4v) is 2.65. The molecule has 1 saturated heterocycles. The van der Waals surface area contributed by atoms with Crippen LogP contribution in [-0.4, -0.2) is 34.8 Å². The molecule has 3 rings (SSSR count). The molecule has 0 radical (unpaired) electrons. The number of carboxylic acids is 1. The van der Waals surface area contributed by atoms with Gasteiger partial charge in [-0.15, -0.1) is 0 Å². The highest BCUT2D eigenvalue weighted by Crippen LogP contribution is 2.27. The molecule has 0 amide bonds. The molecule has 24 heavy (non-hydrogen) atoms. The predicted molar refractivity (Wildman–Crippen MR) is 88.1 cm³/mol. The molecule has 1 aromatic carbocycles. The standard InChI is InChI=1S/C18H20N2O4/c21-17(22)18(9-11-19-12-10-18)24-16-8-4-7-15(20-16)23-13-14-5-2-1-3-6-14/h1-8,19H,9-13H2,(H,21,22). The second kappa shape index (κ2) is 7.31. The zero-order valence-electron chi connectivity index (χ0n) is 13.3. The zero-order chi connectivity index (χ0) is 16.8. The Bertz CT molecular complexity index is 684. The van der Waals surface area contributed by atoms with E-state index in [9.17, 15) is 9.90 Å². The maximum atomic E-state index is 11.7. The third kappa shape index (κ3) is 3.83. The van der Waals surface area contributed by atoms with Gasteiger partial charge in [0.2, 0.25) is 17.4 Å². The van der Waals surface area contributed by atoms with Gasteiger partial charge in [0.1, 0.15) is 6.61 Å². The van der Waals surface area contributed by atoms with E-state index in [2.05, 4.69) is 10.3 Å². The Balaban J connectivity index is 1.69. The van der Waals surface area contributed by atoms with Crippen molar-refractivity contribution < 1.29 is 19.4 Å². The second-order valence-electron chi connectivity index (χ2n) is 5.74. The number of carbonyl (C=O) groups is 1. The Hall–Kier alpha value is -2.60. The SMILES string of the molecule is O=C(O)C1(Oc2cccc(OCc3ccccc3)n2)CCNCC1. The Kier molecular flexibility index (Phi) is 4.96. The minimum atomic E-state index is -1.23. The smallest absolute Gasteiger partial charge is 0.348 e. The van der Waals surface area contributed by atoms with Gasteiger partial charge < -0.3 is 19.9 Å². The van der Waals surface area contributed by atoms with Gasteiger partial charge in [-0.3, -0.25) is 0 Å². The number of hydrogen-bond acceptors (Lipinski definition) is 5. The Morgan fingerprint density at radius 1 is 1.08 bits per heavy atom. The largest absolute Gasteiger partial charge is 0.478 e. The molecule has 2 heterocycles. The molecule has 1 aliphatic rings. The quantitative estimate of drug-likeness (QED) is 0.846. The third-order valence-corrected chi connectivity index (χ3v) is 4.03. The van der Waals surface area contributed by atoms with Crippen molar-refractivity contribution in [1.82, 2.24) is 10.3 Å². The first-order valence-corrected chi connectivity index (χ1v) is 7.95. The van der Waals surface area contributed by atoms with Gasteiger partial charge in [-0.05, 0) is 18.7 Å². The number of aromatic nitrogens is 1. The van der Waals surface area contributed by atoms with Crippen LogP contribution in [0.1, 0.15) is 18.4 Å². The monoisotopic (exact) mass is 328 g/mol. The number of benzene rings is 1. The van der Waals surface area contributed by atoms with Crippen LogP contribution >= 0.6 is 0 Å². The molecule has 6 nitrogen and oxygen atoms in total. The van der Waals surface area contributed by atoms with Crippen molar-refractivity contribution in [2.24, 2.45) is 0 Å². The van der Waals surface area contributed by atoms with Crippen LogP contribution in [0, 0.1) is 0 Å². The van der Waals surface area contributed by atoms with Gasteiger partial charge >= 0.3 is 5.97 Å². The van der Waals surface area contributed by atoms with Crippen molar-refractivity contribution in [3.05, 3.63) is 54.1 Å².